The highest BCUT2D eigenvalue weighted by Gasteiger charge is 2.19. The summed E-state index contributed by atoms with van der Waals surface area (Å²) in [6, 6.07) is 5.47. The minimum absolute atomic E-state index is 0.137. The van der Waals surface area contributed by atoms with Crippen LogP contribution in [0.1, 0.15) is 15.9 Å². The Hall–Kier alpha value is -1.16. The number of anilines is 1. The molecule has 0 unspecified atom stereocenters. The van der Waals surface area contributed by atoms with Crippen molar-refractivity contribution < 1.29 is 4.79 Å². The lowest BCUT2D eigenvalue weighted by Gasteiger charge is -2.27. The average Bonchev–Trinajstić information content (AvgIpc) is 2.29. The molecule has 1 aromatic rings. The molecule has 1 aliphatic heterocycles. The van der Waals surface area contributed by atoms with E-state index in [1.54, 1.807) is 6.07 Å². The quantitative estimate of drug-likeness (QED) is 0.756. The number of thioether (sulfide) groups is 1. The van der Waals surface area contributed by atoms with Gasteiger partial charge in [0, 0.05) is 35.8 Å². The third-order valence-corrected chi connectivity index (χ3v) is 3.72. The van der Waals surface area contributed by atoms with Crippen molar-refractivity contribution >= 4 is 23.4 Å². The Kier molecular flexibility index (Phi) is 3.39. The number of carbonyl (C=O) groups is 1. The second-order valence-electron chi connectivity index (χ2n) is 3.98. The van der Waals surface area contributed by atoms with Crippen molar-refractivity contribution in [1.29, 1.82) is 0 Å². The van der Waals surface area contributed by atoms with Crippen LogP contribution in [0.3, 0.4) is 0 Å². The predicted octanol–water partition coefficient (Wildman–Crippen LogP) is 1.77. The van der Waals surface area contributed by atoms with Crippen LogP contribution in [0.5, 0.6) is 0 Å². The molecule has 1 aromatic carbocycles. The number of aryl methyl sites for hydroxylation is 1. The molecule has 1 saturated heterocycles. The molecular formula is C12H16N2OS. The van der Waals surface area contributed by atoms with Crippen LogP contribution in [0.2, 0.25) is 0 Å². The largest absolute Gasteiger partial charge is 0.399 e. The third-order valence-electron chi connectivity index (χ3n) is 2.78. The topological polar surface area (TPSA) is 46.3 Å². The summed E-state index contributed by atoms with van der Waals surface area (Å²) in [7, 11) is 0. The molecule has 1 amide bonds. The average molecular weight is 236 g/mol. The van der Waals surface area contributed by atoms with Crippen molar-refractivity contribution in [3.05, 3.63) is 29.3 Å². The maximum Gasteiger partial charge on any atom is 0.254 e. The first-order chi connectivity index (χ1) is 7.68. The number of amides is 1. The van der Waals surface area contributed by atoms with E-state index >= 15 is 0 Å². The minimum atomic E-state index is 0.137. The van der Waals surface area contributed by atoms with Crippen molar-refractivity contribution in [2.24, 2.45) is 0 Å². The standard InChI is InChI=1S/C12H16N2OS/c1-9-8-10(13)2-3-11(9)12(15)14-4-6-16-7-5-14/h2-3,8H,4-7,13H2,1H3. The van der Waals surface area contributed by atoms with Gasteiger partial charge in [0.25, 0.3) is 5.91 Å². The number of nitrogens with zero attached hydrogens (tertiary/aromatic N) is 1. The Labute approximate surface area is 100.0 Å². The molecular weight excluding hydrogens is 220 g/mol. The highest BCUT2D eigenvalue weighted by molar-refractivity contribution is 7.99. The molecule has 2 N–H and O–H groups in total. The van der Waals surface area contributed by atoms with Gasteiger partial charge in [-0.05, 0) is 30.7 Å². The number of benzene rings is 1. The first-order valence-electron chi connectivity index (χ1n) is 5.41. The summed E-state index contributed by atoms with van der Waals surface area (Å²) in [5, 5.41) is 0. The van der Waals surface area contributed by atoms with Gasteiger partial charge in [0.2, 0.25) is 0 Å². The van der Waals surface area contributed by atoms with E-state index in [1.807, 2.05) is 35.7 Å². The Morgan fingerprint density at radius 2 is 2.06 bits per heavy atom. The molecule has 3 nitrogen and oxygen atoms in total. The van der Waals surface area contributed by atoms with Crippen LogP contribution >= 0.6 is 11.8 Å². The second kappa shape index (κ2) is 4.78. The Bertz CT molecular complexity index is 400. The lowest BCUT2D eigenvalue weighted by molar-refractivity contribution is 0.0771. The van der Waals surface area contributed by atoms with Gasteiger partial charge < -0.3 is 10.6 Å². The molecule has 0 atom stereocenters. The van der Waals surface area contributed by atoms with Crippen LogP contribution in [0, 0.1) is 6.92 Å². The first kappa shape index (κ1) is 11.3. The fourth-order valence-electron chi connectivity index (χ4n) is 1.86. The predicted molar refractivity (Wildman–Crippen MR) is 68.8 cm³/mol. The third kappa shape index (κ3) is 2.32. The van der Waals surface area contributed by atoms with E-state index < -0.39 is 0 Å². The highest BCUT2D eigenvalue weighted by Crippen LogP contribution is 2.17. The summed E-state index contributed by atoms with van der Waals surface area (Å²) in [6.45, 7) is 3.64. The summed E-state index contributed by atoms with van der Waals surface area (Å²) >= 11 is 1.90. The van der Waals surface area contributed by atoms with Crippen molar-refractivity contribution in [1.82, 2.24) is 4.90 Å². The Balaban J connectivity index is 2.19. The lowest BCUT2D eigenvalue weighted by Crippen LogP contribution is -2.38. The molecule has 1 aliphatic rings. The lowest BCUT2D eigenvalue weighted by atomic mass is 10.1. The minimum Gasteiger partial charge on any atom is -0.399 e. The monoisotopic (exact) mass is 236 g/mol. The number of nitrogens with two attached hydrogens (primary N) is 1. The number of rotatable bonds is 1. The van der Waals surface area contributed by atoms with Crippen LogP contribution in [-0.2, 0) is 0 Å². The second-order valence-corrected chi connectivity index (χ2v) is 5.20. The van der Waals surface area contributed by atoms with Gasteiger partial charge in [-0.3, -0.25) is 4.79 Å². The molecule has 0 aromatic heterocycles. The van der Waals surface area contributed by atoms with E-state index in [2.05, 4.69) is 0 Å². The summed E-state index contributed by atoms with van der Waals surface area (Å²) < 4.78 is 0. The van der Waals surface area contributed by atoms with Crippen molar-refractivity contribution in [3.63, 3.8) is 0 Å². The number of carbonyl (C=O) groups excluding carboxylic acids is 1. The fourth-order valence-corrected chi connectivity index (χ4v) is 2.77. The molecule has 0 saturated carbocycles. The van der Waals surface area contributed by atoms with Gasteiger partial charge in [-0.15, -0.1) is 0 Å². The zero-order valence-corrected chi connectivity index (χ0v) is 10.2. The van der Waals surface area contributed by atoms with E-state index in [0.29, 0.717) is 5.69 Å². The van der Waals surface area contributed by atoms with Gasteiger partial charge in [-0.25, -0.2) is 0 Å². The van der Waals surface area contributed by atoms with Crippen LogP contribution in [0.25, 0.3) is 0 Å². The molecule has 0 spiro atoms. The van der Waals surface area contributed by atoms with Gasteiger partial charge in [-0.1, -0.05) is 0 Å². The van der Waals surface area contributed by atoms with E-state index in [9.17, 15) is 4.79 Å². The molecule has 2 rings (SSSR count). The summed E-state index contributed by atoms with van der Waals surface area (Å²) in [4.78, 5) is 14.1. The molecule has 1 heterocycles. The van der Waals surface area contributed by atoms with Crippen molar-refractivity contribution in [2.45, 2.75) is 6.92 Å². The van der Waals surface area contributed by atoms with E-state index in [4.69, 9.17) is 5.73 Å². The van der Waals surface area contributed by atoms with E-state index in [1.165, 1.54) is 0 Å². The van der Waals surface area contributed by atoms with Crippen LogP contribution in [0.4, 0.5) is 5.69 Å². The normalized spacial score (nSPS) is 16.2. The van der Waals surface area contributed by atoms with Gasteiger partial charge in [0.15, 0.2) is 0 Å². The number of hydrogen-bond donors (Lipinski definition) is 1. The molecule has 1 fully saturated rings. The van der Waals surface area contributed by atoms with E-state index in [-0.39, 0.29) is 5.91 Å². The molecule has 4 heteroatoms. The number of nitrogen functional groups attached to an aromatic ring is 1. The zero-order chi connectivity index (χ0) is 11.5. The zero-order valence-electron chi connectivity index (χ0n) is 9.40. The van der Waals surface area contributed by atoms with Crippen LogP contribution in [0.15, 0.2) is 18.2 Å². The molecule has 0 bridgehead atoms. The first-order valence-corrected chi connectivity index (χ1v) is 6.57. The molecule has 86 valence electrons. The van der Waals surface area contributed by atoms with Gasteiger partial charge >= 0.3 is 0 Å². The van der Waals surface area contributed by atoms with Gasteiger partial charge in [0.1, 0.15) is 0 Å². The van der Waals surface area contributed by atoms with Gasteiger partial charge in [0.05, 0.1) is 0 Å². The summed E-state index contributed by atoms with van der Waals surface area (Å²) in [6.07, 6.45) is 0. The smallest absolute Gasteiger partial charge is 0.254 e. The van der Waals surface area contributed by atoms with Crippen molar-refractivity contribution in [3.8, 4) is 0 Å². The number of hydrogen-bond acceptors (Lipinski definition) is 3. The van der Waals surface area contributed by atoms with Gasteiger partial charge in [-0.2, -0.15) is 11.8 Å². The fraction of sp³-hybridized carbons (Fsp3) is 0.417. The molecule has 0 aliphatic carbocycles. The maximum absolute atomic E-state index is 12.2. The molecule has 16 heavy (non-hydrogen) atoms. The summed E-state index contributed by atoms with van der Waals surface area (Å²) in [5.41, 5.74) is 8.13. The van der Waals surface area contributed by atoms with Crippen molar-refractivity contribution in [2.75, 3.05) is 30.3 Å². The van der Waals surface area contributed by atoms with Crippen LogP contribution < -0.4 is 5.73 Å². The van der Waals surface area contributed by atoms with E-state index in [0.717, 1.165) is 35.7 Å². The highest BCUT2D eigenvalue weighted by atomic mass is 32.2. The summed E-state index contributed by atoms with van der Waals surface area (Å²) in [5.74, 6) is 2.22. The SMILES string of the molecule is Cc1cc(N)ccc1C(=O)N1CCSCC1. The molecule has 0 radical (unpaired) electrons. The Morgan fingerprint density at radius 3 is 2.69 bits per heavy atom. The van der Waals surface area contributed by atoms with Crippen LogP contribution in [-0.4, -0.2) is 35.4 Å². The maximum atomic E-state index is 12.2. The Morgan fingerprint density at radius 1 is 1.38 bits per heavy atom.